The van der Waals surface area contributed by atoms with Crippen LogP contribution in [0.25, 0.3) is 10.9 Å². The lowest BCUT2D eigenvalue weighted by Crippen LogP contribution is -2.11. The van der Waals surface area contributed by atoms with E-state index < -0.39 is 0 Å². The van der Waals surface area contributed by atoms with E-state index in [9.17, 15) is 0 Å². The maximum absolute atomic E-state index is 3.42. The molecule has 1 aliphatic rings. The molecule has 1 N–H and O–H groups in total. The van der Waals surface area contributed by atoms with E-state index in [1.807, 2.05) is 0 Å². The molecule has 17 heavy (non-hydrogen) atoms. The Hall–Kier alpha value is -1.24. The number of nitrogens with one attached hydrogen (secondary N) is 1. The van der Waals surface area contributed by atoms with Crippen LogP contribution in [-0.4, -0.2) is 4.98 Å². The van der Waals surface area contributed by atoms with Gasteiger partial charge < -0.3 is 4.98 Å². The molecule has 0 amide bonds. The fraction of sp³-hybridized carbons (Fsp3) is 0.500. The SMILES string of the molecule is CC(C)(C)c1ccc2[nH]cc(C3CCC3)c2c1. The molecule has 1 aliphatic carbocycles. The lowest BCUT2D eigenvalue weighted by atomic mass is 9.79. The summed E-state index contributed by atoms with van der Waals surface area (Å²) >= 11 is 0. The summed E-state index contributed by atoms with van der Waals surface area (Å²) < 4.78 is 0. The van der Waals surface area contributed by atoms with Crippen molar-refractivity contribution < 1.29 is 0 Å². The number of rotatable bonds is 1. The van der Waals surface area contributed by atoms with Crippen LogP contribution >= 0.6 is 0 Å². The maximum Gasteiger partial charge on any atom is 0.0457 e. The van der Waals surface area contributed by atoms with Gasteiger partial charge in [0.1, 0.15) is 0 Å². The summed E-state index contributed by atoms with van der Waals surface area (Å²) in [4.78, 5) is 3.42. The van der Waals surface area contributed by atoms with Gasteiger partial charge >= 0.3 is 0 Å². The number of H-pyrrole nitrogens is 1. The van der Waals surface area contributed by atoms with Crippen molar-refractivity contribution in [3.05, 3.63) is 35.5 Å². The third-order valence-electron chi connectivity index (χ3n) is 4.12. The smallest absolute Gasteiger partial charge is 0.0457 e. The van der Waals surface area contributed by atoms with Crippen LogP contribution in [0.15, 0.2) is 24.4 Å². The van der Waals surface area contributed by atoms with E-state index in [1.165, 1.54) is 41.3 Å². The van der Waals surface area contributed by atoms with Crippen molar-refractivity contribution in [3.8, 4) is 0 Å². The molecular formula is C16H21N. The van der Waals surface area contributed by atoms with Gasteiger partial charge in [0.2, 0.25) is 0 Å². The molecule has 1 aromatic heterocycles. The number of hydrogen-bond acceptors (Lipinski definition) is 0. The van der Waals surface area contributed by atoms with Crippen LogP contribution in [0.4, 0.5) is 0 Å². The Morgan fingerprint density at radius 2 is 1.94 bits per heavy atom. The molecule has 3 rings (SSSR count). The van der Waals surface area contributed by atoms with E-state index in [-0.39, 0.29) is 5.41 Å². The third kappa shape index (κ3) is 1.78. The Labute approximate surface area is 103 Å². The van der Waals surface area contributed by atoms with Crippen molar-refractivity contribution in [1.29, 1.82) is 0 Å². The van der Waals surface area contributed by atoms with Crippen molar-refractivity contribution in [2.45, 2.75) is 51.4 Å². The van der Waals surface area contributed by atoms with E-state index in [0.29, 0.717) is 0 Å². The molecule has 0 atom stereocenters. The van der Waals surface area contributed by atoms with Crippen molar-refractivity contribution in [2.75, 3.05) is 0 Å². The molecule has 0 bridgehead atoms. The van der Waals surface area contributed by atoms with E-state index in [1.54, 1.807) is 0 Å². The molecule has 1 heteroatoms. The second-order valence-corrected chi connectivity index (χ2v) is 6.38. The zero-order chi connectivity index (χ0) is 12.0. The Morgan fingerprint density at radius 1 is 1.18 bits per heavy atom. The molecule has 1 nitrogen and oxygen atoms in total. The highest BCUT2D eigenvalue weighted by Gasteiger charge is 2.23. The average Bonchev–Trinajstić information content (AvgIpc) is 2.57. The van der Waals surface area contributed by atoms with Gasteiger partial charge in [0, 0.05) is 17.1 Å². The number of fused-ring (bicyclic) bond motifs is 1. The summed E-state index contributed by atoms with van der Waals surface area (Å²) in [5, 5.41) is 1.45. The van der Waals surface area contributed by atoms with Crippen molar-refractivity contribution in [1.82, 2.24) is 4.98 Å². The average molecular weight is 227 g/mol. The highest BCUT2D eigenvalue weighted by atomic mass is 14.7. The van der Waals surface area contributed by atoms with Gasteiger partial charge in [-0.25, -0.2) is 0 Å². The second kappa shape index (κ2) is 3.63. The molecular weight excluding hydrogens is 206 g/mol. The molecule has 1 saturated carbocycles. The molecule has 0 unspecified atom stereocenters. The standard InChI is InChI=1S/C16H21N/c1-16(2,3)12-7-8-15-13(9-12)14(10-17-15)11-5-4-6-11/h7-11,17H,4-6H2,1-3H3. The zero-order valence-electron chi connectivity index (χ0n) is 11.0. The van der Waals surface area contributed by atoms with Crippen molar-refractivity contribution in [2.24, 2.45) is 0 Å². The quantitative estimate of drug-likeness (QED) is 0.724. The number of hydrogen-bond donors (Lipinski definition) is 1. The molecule has 1 fully saturated rings. The topological polar surface area (TPSA) is 15.8 Å². The number of aromatic amines is 1. The Balaban J connectivity index is 2.12. The van der Waals surface area contributed by atoms with E-state index in [4.69, 9.17) is 0 Å². The second-order valence-electron chi connectivity index (χ2n) is 6.38. The van der Waals surface area contributed by atoms with Crippen molar-refractivity contribution in [3.63, 3.8) is 0 Å². The lowest BCUT2D eigenvalue weighted by Gasteiger charge is -2.25. The van der Waals surface area contributed by atoms with Crippen LogP contribution in [0, 0.1) is 0 Å². The fourth-order valence-corrected chi connectivity index (χ4v) is 2.67. The van der Waals surface area contributed by atoms with Gasteiger partial charge in [-0.05, 0) is 47.4 Å². The van der Waals surface area contributed by atoms with Crippen LogP contribution < -0.4 is 0 Å². The minimum atomic E-state index is 0.238. The van der Waals surface area contributed by atoms with Gasteiger partial charge in [0.15, 0.2) is 0 Å². The Morgan fingerprint density at radius 3 is 2.53 bits per heavy atom. The molecule has 0 spiro atoms. The predicted molar refractivity (Wildman–Crippen MR) is 73.6 cm³/mol. The van der Waals surface area contributed by atoms with Gasteiger partial charge in [0.05, 0.1) is 0 Å². The molecule has 0 radical (unpaired) electrons. The number of aromatic nitrogens is 1. The van der Waals surface area contributed by atoms with Crippen LogP contribution in [0.5, 0.6) is 0 Å². The summed E-state index contributed by atoms with van der Waals surface area (Å²) in [6.07, 6.45) is 6.36. The maximum atomic E-state index is 3.42. The summed E-state index contributed by atoms with van der Waals surface area (Å²) in [7, 11) is 0. The molecule has 90 valence electrons. The summed E-state index contributed by atoms with van der Waals surface area (Å²) in [5.74, 6) is 0.805. The normalized spacial score (nSPS) is 17.4. The van der Waals surface area contributed by atoms with Crippen LogP contribution in [-0.2, 0) is 5.41 Å². The van der Waals surface area contributed by atoms with Gasteiger partial charge in [-0.3, -0.25) is 0 Å². The summed E-state index contributed by atoms with van der Waals surface area (Å²) in [6, 6.07) is 6.88. The Kier molecular flexibility index (Phi) is 2.32. The van der Waals surface area contributed by atoms with Crippen molar-refractivity contribution >= 4 is 10.9 Å². The summed E-state index contributed by atoms with van der Waals surface area (Å²) in [5.41, 5.74) is 4.50. The predicted octanol–water partition coefficient (Wildman–Crippen LogP) is 4.73. The number of benzene rings is 1. The van der Waals surface area contributed by atoms with Crippen LogP contribution in [0.2, 0.25) is 0 Å². The lowest BCUT2D eigenvalue weighted by molar-refractivity contribution is 0.422. The minimum Gasteiger partial charge on any atom is -0.361 e. The Bertz CT molecular complexity index is 538. The first-order valence-corrected chi connectivity index (χ1v) is 6.67. The minimum absolute atomic E-state index is 0.238. The van der Waals surface area contributed by atoms with Gasteiger partial charge in [0.25, 0.3) is 0 Å². The van der Waals surface area contributed by atoms with Crippen LogP contribution in [0.3, 0.4) is 0 Å². The first kappa shape index (κ1) is 10.9. The largest absolute Gasteiger partial charge is 0.361 e. The molecule has 0 aliphatic heterocycles. The van der Waals surface area contributed by atoms with Crippen LogP contribution in [0.1, 0.15) is 57.1 Å². The molecule has 0 saturated heterocycles. The third-order valence-corrected chi connectivity index (χ3v) is 4.12. The zero-order valence-corrected chi connectivity index (χ0v) is 11.0. The van der Waals surface area contributed by atoms with Gasteiger partial charge in [-0.15, -0.1) is 0 Å². The fourth-order valence-electron chi connectivity index (χ4n) is 2.67. The van der Waals surface area contributed by atoms with Gasteiger partial charge in [-0.2, -0.15) is 0 Å². The monoisotopic (exact) mass is 227 g/mol. The summed E-state index contributed by atoms with van der Waals surface area (Å²) in [6.45, 7) is 6.84. The molecule has 1 heterocycles. The molecule has 2 aromatic rings. The first-order chi connectivity index (χ1) is 8.05. The van der Waals surface area contributed by atoms with E-state index in [0.717, 1.165) is 5.92 Å². The van der Waals surface area contributed by atoms with Gasteiger partial charge in [-0.1, -0.05) is 33.3 Å². The van der Waals surface area contributed by atoms with E-state index in [2.05, 4.69) is 50.2 Å². The van der Waals surface area contributed by atoms with E-state index >= 15 is 0 Å². The highest BCUT2D eigenvalue weighted by Crippen LogP contribution is 2.40. The molecule has 1 aromatic carbocycles. The first-order valence-electron chi connectivity index (χ1n) is 6.67. The highest BCUT2D eigenvalue weighted by molar-refractivity contribution is 5.84.